The maximum atomic E-state index is 13.2. The summed E-state index contributed by atoms with van der Waals surface area (Å²) in [6, 6.07) is 6.83. The van der Waals surface area contributed by atoms with Crippen molar-refractivity contribution in [2.45, 2.75) is 82.1 Å². The summed E-state index contributed by atoms with van der Waals surface area (Å²) in [4.78, 5) is 21.5. The smallest absolute Gasteiger partial charge is 0.280 e. The molecule has 2 unspecified atom stereocenters. The number of benzene rings is 1. The standard InChI is InChI=1S/C26H39N3O6S/c1-3-4-5-6-7-8-9-10-11-15-20-27-36(33,34)26(35-2)19-18-22(21-24(26)29(31)32)25(30)28-23-16-13-12-14-17-23/h12-14,16-19,21,24,27H,3-11,15,20H2,1-2H3,(H,28,30). The first-order valence-corrected chi connectivity index (χ1v) is 14.2. The molecule has 1 aliphatic carbocycles. The molecule has 0 fully saturated rings. The highest BCUT2D eigenvalue weighted by molar-refractivity contribution is 7.91. The lowest BCUT2D eigenvalue weighted by Gasteiger charge is -2.32. The zero-order chi connectivity index (χ0) is 26.4. The molecule has 2 atom stereocenters. The second-order valence-corrected chi connectivity index (χ2v) is 10.9. The molecule has 0 spiro atoms. The van der Waals surface area contributed by atoms with E-state index in [0.29, 0.717) is 12.1 Å². The van der Waals surface area contributed by atoms with Gasteiger partial charge < -0.3 is 10.1 Å². The van der Waals surface area contributed by atoms with Crippen LogP contribution in [0.5, 0.6) is 0 Å². The fraction of sp³-hybridized carbons (Fsp3) is 0.577. The van der Waals surface area contributed by atoms with Gasteiger partial charge in [-0.05, 0) is 30.7 Å². The van der Waals surface area contributed by atoms with Crippen LogP contribution in [0, 0.1) is 10.1 Å². The number of carbonyl (C=O) groups excluding carboxylic acids is 1. The van der Waals surface area contributed by atoms with Gasteiger partial charge in [-0.3, -0.25) is 14.9 Å². The van der Waals surface area contributed by atoms with E-state index in [1.165, 1.54) is 44.6 Å². The summed E-state index contributed by atoms with van der Waals surface area (Å²) >= 11 is 0. The predicted molar refractivity (Wildman–Crippen MR) is 142 cm³/mol. The lowest BCUT2D eigenvalue weighted by Crippen LogP contribution is -2.57. The Morgan fingerprint density at radius 3 is 2.17 bits per heavy atom. The molecule has 2 N–H and O–H groups in total. The van der Waals surface area contributed by atoms with Crippen LogP contribution >= 0.6 is 0 Å². The lowest BCUT2D eigenvalue weighted by atomic mass is 9.99. The van der Waals surface area contributed by atoms with E-state index in [0.717, 1.165) is 38.5 Å². The Bertz CT molecular complexity index is 1010. The SMILES string of the molecule is CCCCCCCCCCCCNS(=O)(=O)C1(OC)C=CC(C(=O)Nc2ccccc2)=CC1[N+](=O)[O-]. The van der Waals surface area contributed by atoms with E-state index in [-0.39, 0.29) is 12.1 Å². The summed E-state index contributed by atoms with van der Waals surface area (Å²) in [7, 11) is -3.17. The van der Waals surface area contributed by atoms with Crippen molar-refractivity contribution in [2.75, 3.05) is 19.0 Å². The zero-order valence-corrected chi connectivity index (χ0v) is 22.1. The van der Waals surface area contributed by atoms with E-state index in [4.69, 9.17) is 4.74 Å². The van der Waals surface area contributed by atoms with E-state index in [1.54, 1.807) is 30.3 Å². The van der Waals surface area contributed by atoms with Crippen LogP contribution in [-0.2, 0) is 19.6 Å². The molecule has 1 aliphatic rings. The van der Waals surface area contributed by atoms with Crippen LogP contribution < -0.4 is 10.0 Å². The molecule has 0 aromatic heterocycles. The maximum absolute atomic E-state index is 13.2. The zero-order valence-electron chi connectivity index (χ0n) is 21.3. The van der Waals surface area contributed by atoms with Crippen molar-refractivity contribution in [1.29, 1.82) is 0 Å². The fourth-order valence-electron chi connectivity index (χ4n) is 4.21. The highest BCUT2D eigenvalue weighted by Gasteiger charge is 2.57. The quantitative estimate of drug-likeness (QED) is 0.170. The number of amides is 1. The molecule has 0 bridgehead atoms. The van der Waals surface area contributed by atoms with Gasteiger partial charge in [0.15, 0.2) is 0 Å². The van der Waals surface area contributed by atoms with Gasteiger partial charge in [0, 0.05) is 35.9 Å². The Morgan fingerprint density at radius 2 is 1.61 bits per heavy atom. The number of anilines is 1. The highest BCUT2D eigenvalue weighted by atomic mass is 32.2. The number of carbonyl (C=O) groups is 1. The molecule has 0 aliphatic heterocycles. The van der Waals surface area contributed by atoms with Gasteiger partial charge in [-0.25, -0.2) is 13.1 Å². The molecule has 0 saturated carbocycles. The van der Waals surface area contributed by atoms with Gasteiger partial charge >= 0.3 is 0 Å². The number of methoxy groups -OCH3 is 1. The van der Waals surface area contributed by atoms with E-state index in [1.807, 2.05) is 0 Å². The minimum atomic E-state index is -4.28. The molecular formula is C26H39N3O6S. The van der Waals surface area contributed by atoms with Gasteiger partial charge in [0.05, 0.1) is 0 Å². The van der Waals surface area contributed by atoms with Crippen molar-refractivity contribution in [1.82, 2.24) is 4.72 Å². The van der Waals surface area contributed by atoms with E-state index in [9.17, 15) is 23.3 Å². The van der Waals surface area contributed by atoms with Crippen LogP contribution in [-0.4, -0.2) is 43.9 Å². The largest absolute Gasteiger partial charge is 0.352 e. The Kier molecular flexibility index (Phi) is 12.3. The molecule has 1 aromatic rings. The second kappa shape index (κ2) is 14.9. The van der Waals surface area contributed by atoms with Gasteiger partial charge in [-0.15, -0.1) is 0 Å². The number of hydrogen-bond acceptors (Lipinski definition) is 6. The maximum Gasteiger partial charge on any atom is 0.280 e. The first kappa shape index (κ1) is 29.7. The number of hydrogen-bond donors (Lipinski definition) is 2. The Hall–Kier alpha value is -2.56. The van der Waals surface area contributed by atoms with Crippen LogP contribution in [0.4, 0.5) is 5.69 Å². The van der Waals surface area contributed by atoms with E-state index in [2.05, 4.69) is 17.0 Å². The average molecular weight is 522 g/mol. The van der Waals surface area contributed by atoms with Crippen molar-refractivity contribution in [3.63, 3.8) is 0 Å². The lowest BCUT2D eigenvalue weighted by molar-refractivity contribution is -0.522. The molecular weight excluding hydrogens is 482 g/mol. The van der Waals surface area contributed by atoms with Crippen LogP contribution in [0.1, 0.15) is 71.1 Å². The number of rotatable bonds is 17. The van der Waals surface area contributed by atoms with Crippen LogP contribution in [0.2, 0.25) is 0 Å². The van der Waals surface area contributed by atoms with Crippen molar-refractivity contribution < 1.29 is 22.9 Å². The fourth-order valence-corrected chi connectivity index (χ4v) is 5.79. The molecule has 0 radical (unpaired) electrons. The van der Waals surface area contributed by atoms with E-state index >= 15 is 0 Å². The van der Waals surface area contributed by atoms with Gasteiger partial charge in [0.25, 0.3) is 26.9 Å². The number of sulfonamides is 1. The van der Waals surface area contributed by atoms with Gasteiger partial charge in [0.1, 0.15) is 0 Å². The molecule has 1 aromatic carbocycles. The minimum absolute atomic E-state index is 0.0156. The molecule has 10 heteroatoms. The molecule has 0 heterocycles. The highest BCUT2D eigenvalue weighted by Crippen LogP contribution is 2.32. The van der Waals surface area contributed by atoms with Gasteiger partial charge in [-0.2, -0.15) is 0 Å². The number of para-hydroxylation sites is 1. The Morgan fingerprint density at radius 1 is 1.03 bits per heavy atom. The third-order valence-corrected chi connectivity index (χ3v) is 8.30. The number of nitrogens with zero attached hydrogens (tertiary/aromatic N) is 1. The van der Waals surface area contributed by atoms with Gasteiger partial charge in [-0.1, -0.05) is 82.9 Å². The third-order valence-electron chi connectivity index (χ3n) is 6.33. The van der Waals surface area contributed by atoms with Crippen LogP contribution in [0.3, 0.4) is 0 Å². The van der Waals surface area contributed by atoms with Crippen molar-refractivity contribution in [3.05, 3.63) is 64.2 Å². The molecule has 200 valence electrons. The summed E-state index contributed by atoms with van der Waals surface area (Å²) in [5.41, 5.74) is 0.502. The van der Waals surface area contributed by atoms with E-state index < -0.39 is 31.8 Å². The van der Waals surface area contributed by atoms with Gasteiger partial charge in [0.2, 0.25) is 0 Å². The topological polar surface area (TPSA) is 128 Å². The third kappa shape index (κ3) is 8.25. The molecule has 0 saturated heterocycles. The monoisotopic (exact) mass is 521 g/mol. The Labute approximate surface area is 214 Å². The summed E-state index contributed by atoms with van der Waals surface area (Å²) in [5, 5.41) is 14.5. The summed E-state index contributed by atoms with van der Waals surface area (Å²) in [5.74, 6) is -0.579. The summed E-state index contributed by atoms with van der Waals surface area (Å²) < 4.78 is 34.1. The predicted octanol–water partition coefficient (Wildman–Crippen LogP) is 4.95. The van der Waals surface area contributed by atoms with Crippen molar-refractivity contribution in [2.24, 2.45) is 0 Å². The first-order valence-electron chi connectivity index (χ1n) is 12.7. The second-order valence-electron chi connectivity index (χ2n) is 9.01. The number of unbranched alkanes of at least 4 members (excludes halogenated alkanes) is 9. The molecule has 1 amide bonds. The van der Waals surface area contributed by atoms with Crippen molar-refractivity contribution >= 4 is 21.6 Å². The Balaban J connectivity index is 1.93. The number of ether oxygens (including phenoxy) is 1. The van der Waals surface area contributed by atoms with Crippen LogP contribution in [0.25, 0.3) is 0 Å². The van der Waals surface area contributed by atoms with Crippen LogP contribution in [0.15, 0.2) is 54.1 Å². The molecule has 9 nitrogen and oxygen atoms in total. The first-order chi connectivity index (χ1) is 17.3. The number of nitro groups is 1. The summed E-state index contributed by atoms with van der Waals surface area (Å²) in [6.07, 6.45) is 14.5. The van der Waals surface area contributed by atoms with Crippen molar-refractivity contribution in [3.8, 4) is 0 Å². The normalized spacial score (nSPS) is 19.6. The minimum Gasteiger partial charge on any atom is -0.352 e. The number of nitrogens with one attached hydrogen (secondary N) is 2. The summed E-state index contributed by atoms with van der Waals surface area (Å²) in [6.45, 7) is 2.36. The average Bonchev–Trinajstić information content (AvgIpc) is 2.87. The molecule has 36 heavy (non-hydrogen) atoms. The molecule has 2 rings (SSSR count).